The Bertz CT molecular complexity index is 1340. The number of nitrogens with zero attached hydrogens (tertiary/aromatic N) is 2. The molecule has 1 atom stereocenters. The van der Waals surface area contributed by atoms with E-state index in [0.717, 1.165) is 5.56 Å². The van der Waals surface area contributed by atoms with Crippen LogP contribution >= 0.6 is 0 Å². The summed E-state index contributed by atoms with van der Waals surface area (Å²) in [6.45, 7) is 3.77. The van der Waals surface area contributed by atoms with Crippen LogP contribution in [0.1, 0.15) is 40.9 Å². The highest BCUT2D eigenvalue weighted by Crippen LogP contribution is 2.49. The molecule has 0 saturated carbocycles. The van der Waals surface area contributed by atoms with Gasteiger partial charge >= 0.3 is 5.97 Å². The maximum absolute atomic E-state index is 13.7. The minimum Gasteiger partial charge on any atom is -0.478 e. The van der Waals surface area contributed by atoms with Crippen LogP contribution in [0.5, 0.6) is 0 Å². The van der Waals surface area contributed by atoms with Gasteiger partial charge in [0.2, 0.25) is 0 Å². The molecular formula is C26H20F2N2O3. The predicted molar refractivity (Wildman–Crippen MR) is 122 cm³/mol. The Hall–Kier alpha value is -3.84. The third-order valence-corrected chi connectivity index (χ3v) is 6.26. The standard InChI is InChI=1S/C26H20F2N2O3/c1-26(2)19-12-11-18(25(32)33)22-23(19)20(13-21(26)31)30(17-9-5-15(28)6-10-17)24(22)29-16-7-3-14(27)4-8-16/h3-13,21,31H,1-2H3,(H,32,33). The van der Waals surface area contributed by atoms with Crippen molar-refractivity contribution in [3.05, 3.63) is 101 Å². The molecule has 1 aliphatic heterocycles. The molecule has 0 fully saturated rings. The minimum absolute atomic E-state index is 0.0531. The second-order valence-corrected chi connectivity index (χ2v) is 8.66. The van der Waals surface area contributed by atoms with Crippen LogP contribution in [-0.4, -0.2) is 28.1 Å². The Morgan fingerprint density at radius 1 is 0.939 bits per heavy atom. The van der Waals surface area contributed by atoms with E-state index in [1.54, 1.807) is 29.2 Å². The van der Waals surface area contributed by atoms with Gasteiger partial charge in [-0.05, 0) is 66.2 Å². The highest BCUT2D eigenvalue weighted by Gasteiger charge is 2.45. The van der Waals surface area contributed by atoms with E-state index in [1.807, 2.05) is 13.8 Å². The summed E-state index contributed by atoms with van der Waals surface area (Å²) >= 11 is 0. The molecule has 0 aromatic heterocycles. The molecule has 166 valence electrons. The molecular weight excluding hydrogens is 426 g/mol. The number of carboxylic acid groups (broad SMARTS) is 1. The van der Waals surface area contributed by atoms with Crippen LogP contribution in [0.2, 0.25) is 0 Å². The third kappa shape index (κ3) is 3.24. The van der Waals surface area contributed by atoms with Gasteiger partial charge in [-0.25, -0.2) is 18.6 Å². The molecule has 5 nitrogen and oxygen atoms in total. The van der Waals surface area contributed by atoms with E-state index in [4.69, 9.17) is 4.99 Å². The van der Waals surface area contributed by atoms with Gasteiger partial charge < -0.3 is 10.2 Å². The number of hydrogen-bond acceptors (Lipinski definition) is 3. The van der Waals surface area contributed by atoms with Crippen molar-refractivity contribution in [2.24, 2.45) is 4.99 Å². The van der Waals surface area contributed by atoms with Crippen LogP contribution < -0.4 is 4.90 Å². The number of carboxylic acids is 1. The van der Waals surface area contributed by atoms with E-state index in [0.29, 0.717) is 34.0 Å². The maximum Gasteiger partial charge on any atom is 0.336 e. The van der Waals surface area contributed by atoms with E-state index < -0.39 is 29.1 Å². The number of benzene rings is 3. The summed E-state index contributed by atoms with van der Waals surface area (Å²) < 4.78 is 27.2. The van der Waals surface area contributed by atoms with Gasteiger partial charge in [-0.3, -0.25) is 4.90 Å². The topological polar surface area (TPSA) is 73.1 Å². The third-order valence-electron chi connectivity index (χ3n) is 6.26. The summed E-state index contributed by atoms with van der Waals surface area (Å²) in [4.78, 5) is 18.6. The summed E-state index contributed by atoms with van der Waals surface area (Å²) in [5, 5.41) is 20.9. The molecule has 33 heavy (non-hydrogen) atoms. The molecule has 2 aliphatic rings. The van der Waals surface area contributed by atoms with E-state index in [-0.39, 0.29) is 5.56 Å². The molecule has 1 aliphatic carbocycles. The molecule has 1 unspecified atom stereocenters. The summed E-state index contributed by atoms with van der Waals surface area (Å²) in [5.41, 5.74) is 2.77. The fourth-order valence-corrected chi connectivity index (χ4v) is 4.42. The molecule has 0 bridgehead atoms. The van der Waals surface area contributed by atoms with Gasteiger partial charge in [0.25, 0.3) is 0 Å². The molecule has 0 radical (unpaired) electrons. The number of carbonyl (C=O) groups is 1. The quantitative estimate of drug-likeness (QED) is 0.576. The average molecular weight is 446 g/mol. The van der Waals surface area contributed by atoms with Crippen LogP contribution in [0.25, 0.3) is 5.70 Å². The number of aliphatic hydroxyl groups is 1. The Morgan fingerprint density at radius 2 is 1.55 bits per heavy atom. The number of aliphatic imine (C=N–C) groups is 1. The number of halogens is 2. The number of hydrogen-bond donors (Lipinski definition) is 2. The van der Waals surface area contributed by atoms with Crippen molar-refractivity contribution >= 4 is 28.9 Å². The van der Waals surface area contributed by atoms with Gasteiger partial charge in [0.05, 0.1) is 23.1 Å². The highest BCUT2D eigenvalue weighted by atomic mass is 19.1. The van der Waals surface area contributed by atoms with Crippen molar-refractivity contribution in [1.82, 2.24) is 0 Å². The number of rotatable bonds is 3. The van der Waals surface area contributed by atoms with Crippen molar-refractivity contribution in [2.75, 3.05) is 4.90 Å². The SMILES string of the molecule is CC1(C)c2ccc(C(=O)O)c3c2C(=CC1O)N(c1ccc(F)cc1)C3=Nc1ccc(F)cc1. The first-order chi connectivity index (χ1) is 15.7. The molecule has 7 heteroatoms. The van der Waals surface area contributed by atoms with E-state index >= 15 is 0 Å². The Morgan fingerprint density at radius 3 is 2.15 bits per heavy atom. The zero-order chi connectivity index (χ0) is 23.5. The summed E-state index contributed by atoms with van der Waals surface area (Å²) in [6.07, 6.45) is 0.824. The van der Waals surface area contributed by atoms with Crippen molar-refractivity contribution in [2.45, 2.75) is 25.4 Å². The van der Waals surface area contributed by atoms with E-state index in [2.05, 4.69) is 0 Å². The highest BCUT2D eigenvalue weighted by molar-refractivity contribution is 6.29. The number of amidine groups is 1. The van der Waals surface area contributed by atoms with Gasteiger partial charge in [0.1, 0.15) is 17.5 Å². The lowest BCUT2D eigenvalue weighted by Gasteiger charge is -2.36. The van der Waals surface area contributed by atoms with Crippen molar-refractivity contribution in [3.63, 3.8) is 0 Å². The van der Waals surface area contributed by atoms with Crippen molar-refractivity contribution in [1.29, 1.82) is 0 Å². The molecule has 3 aromatic rings. The van der Waals surface area contributed by atoms with Crippen molar-refractivity contribution < 1.29 is 23.8 Å². The number of aromatic carboxylic acids is 1. The van der Waals surface area contributed by atoms with Gasteiger partial charge in [0.15, 0.2) is 0 Å². The fourth-order valence-electron chi connectivity index (χ4n) is 4.42. The molecule has 0 spiro atoms. The zero-order valence-electron chi connectivity index (χ0n) is 17.9. The molecule has 5 rings (SSSR count). The van der Waals surface area contributed by atoms with E-state index in [9.17, 15) is 23.8 Å². The first-order valence-electron chi connectivity index (χ1n) is 10.4. The molecule has 2 N–H and O–H groups in total. The Balaban J connectivity index is 1.86. The zero-order valence-corrected chi connectivity index (χ0v) is 17.9. The fraction of sp³-hybridized carbons (Fsp3) is 0.154. The van der Waals surface area contributed by atoms with Crippen molar-refractivity contribution in [3.8, 4) is 0 Å². The lowest BCUT2D eigenvalue weighted by molar-refractivity contribution is 0.0696. The average Bonchev–Trinajstić information content (AvgIpc) is 3.08. The van der Waals surface area contributed by atoms with Crippen LogP contribution in [0.3, 0.4) is 0 Å². The van der Waals surface area contributed by atoms with Crippen LogP contribution in [0.4, 0.5) is 20.2 Å². The number of anilines is 1. The normalized spacial score (nSPS) is 19.4. The second kappa shape index (κ2) is 7.35. The first-order valence-corrected chi connectivity index (χ1v) is 10.4. The minimum atomic E-state index is -1.12. The summed E-state index contributed by atoms with van der Waals surface area (Å²) in [5.74, 6) is -1.65. The smallest absolute Gasteiger partial charge is 0.336 e. The van der Waals surface area contributed by atoms with Crippen LogP contribution in [0.15, 0.2) is 71.7 Å². The first kappa shape index (κ1) is 21.0. The molecule has 1 heterocycles. The Kier molecular flexibility index (Phi) is 4.68. The summed E-state index contributed by atoms with van der Waals surface area (Å²) in [7, 11) is 0. The largest absolute Gasteiger partial charge is 0.478 e. The Labute approximate surface area is 189 Å². The van der Waals surface area contributed by atoms with Crippen LogP contribution in [0, 0.1) is 11.6 Å². The van der Waals surface area contributed by atoms with Gasteiger partial charge in [-0.1, -0.05) is 19.9 Å². The lowest BCUT2D eigenvalue weighted by atomic mass is 9.72. The maximum atomic E-state index is 13.7. The van der Waals surface area contributed by atoms with Gasteiger partial charge in [-0.15, -0.1) is 0 Å². The monoisotopic (exact) mass is 446 g/mol. The van der Waals surface area contributed by atoms with Gasteiger partial charge in [-0.2, -0.15) is 0 Å². The number of aliphatic hydroxyl groups excluding tert-OH is 1. The van der Waals surface area contributed by atoms with E-state index in [1.165, 1.54) is 42.5 Å². The molecule has 0 saturated heterocycles. The van der Waals surface area contributed by atoms with Crippen LogP contribution in [-0.2, 0) is 5.41 Å². The van der Waals surface area contributed by atoms with Gasteiger partial charge in [0, 0.05) is 22.2 Å². The lowest BCUT2D eigenvalue weighted by Crippen LogP contribution is -2.37. The second-order valence-electron chi connectivity index (χ2n) is 8.66. The molecule has 3 aromatic carbocycles. The molecule has 0 amide bonds. The predicted octanol–water partition coefficient (Wildman–Crippen LogP) is 5.25. The summed E-state index contributed by atoms with van der Waals surface area (Å²) in [6, 6.07) is 14.5.